The molecule has 7 aliphatic rings. The number of pyridine rings is 2. The number of ether oxygens (including phenoxy) is 2. The third-order valence-electron chi connectivity index (χ3n) is 21.5. The lowest BCUT2D eigenvalue weighted by molar-refractivity contribution is 0.261. The number of aliphatic imine (C=N–C) groups is 3. The Morgan fingerprint density at radius 2 is 1.59 bits per heavy atom. The van der Waals surface area contributed by atoms with Gasteiger partial charge in [-0.1, -0.05) is 65.7 Å². The number of aromatic hydroxyl groups is 1. The number of imidazole rings is 1. The molecule has 22 nitrogen and oxygen atoms in total. The fourth-order valence-corrected chi connectivity index (χ4v) is 15.6. The maximum Gasteiger partial charge on any atom is 0.138 e. The largest absolute Gasteiger partial charge is 0.507 e. The number of aromatic amines is 1. The summed E-state index contributed by atoms with van der Waals surface area (Å²) in [5.74, 6) is 4.89. The predicted octanol–water partition coefficient (Wildman–Crippen LogP) is 15.5. The van der Waals surface area contributed by atoms with Gasteiger partial charge in [0.05, 0.1) is 69.3 Å². The van der Waals surface area contributed by atoms with Crippen LogP contribution in [0.1, 0.15) is 104 Å². The molecule has 2 fully saturated rings. The van der Waals surface area contributed by atoms with Crippen molar-refractivity contribution >= 4 is 69.7 Å². The zero-order valence-corrected chi connectivity index (χ0v) is 68.2. The number of likely N-dealkylation sites (N-methyl/N-ethyl adjacent to an activating group) is 1. The zero-order valence-electron chi connectivity index (χ0n) is 66.7. The van der Waals surface area contributed by atoms with Gasteiger partial charge in [-0.05, 0) is 252 Å². The number of fused-ring (bicyclic) bond motifs is 2. The lowest BCUT2D eigenvalue weighted by atomic mass is 9.79. The Morgan fingerprint density at radius 3 is 2.31 bits per heavy atom. The van der Waals surface area contributed by atoms with Gasteiger partial charge in [0, 0.05) is 144 Å². The van der Waals surface area contributed by atoms with Gasteiger partial charge in [-0.3, -0.25) is 24.6 Å². The van der Waals surface area contributed by atoms with Gasteiger partial charge in [-0.25, -0.2) is 19.9 Å². The molecule has 0 unspecified atom stereocenters. The number of piperidine rings is 1. The molecule has 7 N–H and O–H groups in total. The van der Waals surface area contributed by atoms with Gasteiger partial charge in [0.2, 0.25) is 0 Å². The molecule has 0 spiro atoms. The van der Waals surface area contributed by atoms with Crippen molar-refractivity contribution in [3.8, 4) is 74.4 Å². The van der Waals surface area contributed by atoms with E-state index < -0.39 is 0 Å². The summed E-state index contributed by atoms with van der Waals surface area (Å²) in [6.45, 7) is 11.1. The molecule has 0 radical (unpaired) electrons. The number of hydrogen-bond donors (Lipinski definition) is 7. The highest BCUT2D eigenvalue weighted by molar-refractivity contribution is 6.36. The average Bonchev–Trinajstić information content (AvgIpc) is 1.51. The van der Waals surface area contributed by atoms with Gasteiger partial charge >= 0.3 is 0 Å². The Morgan fingerprint density at radius 1 is 0.797 bits per heavy atom. The van der Waals surface area contributed by atoms with Gasteiger partial charge in [0.25, 0.3) is 0 Å². The molecular formula is C94H94Cl2N18O4. The van der Waals surface area contributed by atoms with Gasteiger partial charge < -0.3 is 50.9 Å². The lowest BCUT2D eigenvalue weighted by Crippen LogP contribution is -2.29. The number of aliphatic hydroxyl groups is 1. The number of aryl methyl sites for hydroxylation is 3. The number of phenolic OH excluding ortho intramolecular Hbond substituents is 1. The fourth-order valence-electron chi connectivity index (χ4n) is 15.1. The highest BCUT2D eigenvalue weighted by Gasteiger charge is 2.30. The molecule has 4 aliphatic carbocycles. The van der Waals surface area contributed by atoms with Crippen LogP contribution in [0.3, 0.4) is 0 Å². The number of halogens is 2. The molecule has 118 heavy (non-hydrogen) atoms. The van der Waals surface area contributed by atoms with Crippen LogP contribution >= 0.6 is 23.2 Å². The summed E-state index contributed by atoms with van der Waals surface area (Å²) >= 11 is 12.6. The Balaban J connectivity index is 0.000000130. The van der Waals surface area contributed by atoms with Crippen LogP contribution in [0.15, 0.2) is 221 Å². The summed E-state index contributed by atoms with van der Waals surface area (Å²) < 4.78 is 13.7. The number of nitriles is 2. The Hall–Kier alpha value is -12.5. The minimum atomic E-state index is 0.0669. The van der Waals surface area contributed by atoms with Crippen molar-refractivity contribution < 1.29 is 19.7 Å². The van der Waals surface area contributed by atoms with Crippen LogP contribution in [-0.4, -0.2) is 146 Å². The third kappa shape index (κ3) is 20.1. The van der Waals surface area contributed by atoms with E-state index in [4.69, 9.17) is 53.3 Å². The van der Waals surface area contributed by atoms with Crippen LogP contribution in [-0.2, 0) is 25.8 Å². The molecule has 5 aromatic carbocycles. The van der Waals surface area contributed by atoms with E-state index in [9.17, 15) is 15.5 Å². The number of hydrogen-bond acceptors (Lipinski definition) is 20. The number of nitrogens with one attached hydrogen (secondary N) is 5. The van der Waals surface area contributed by atoms with Crippen LogP contribution in [0.2, 0.25) is 10.0 Å². The summed E-state index contributed by atoms with van der Waals surface area (Å²) in [6, 6.07) is 43.7. The first-order valence-electron chi connectivity index (χ1n) is 39.9. The van der Waals surface area contributed by atoms with Crippen LogP contribution in [0.5, 0.6) is 17.2 Å². The summed E-state index contributed by atoms with van der Waals surface area (Å²) in [6.07, 6.45) is 31.7. The second kappa shape index (κ2) is 38.9. The van der Waals surface area contributed by atoms with Crippen LogP contribution in [0.25, 0.3) is 61.9 Å². The molecule has 1 saturated carbocycles. The first-order valence-corrected chi connectivity index (χ1v) is 40.7. The third-order valence-corrected chi connectivity index (χ3v) is 22.1. The molecule has 10 aromatic rings. The fraction of sp³-hybridized carbons (Fsp3) is 0.277. The van der Waals surface area contributed by atoms with E-state index in [1.165, 1.54) is 46.0 Å². The van der Waals surface area contributed by atoms with Crippen molar-refractivity contribution in [2.45, 2.75) is 90.5 Å². The van der Waals surface area contributed by atoms with Gasteiger partial charge in [-0.2, -0.15) is 15.6 Å². The highest BCUT2D eigenvalue weighted by Crippen LogP contribution is 2.43. The second-order valence-corrected chi connectivity index (χ2v) is 30.9. The monoisotopic (exact) mass is 1610 g/mol. The van der Waals surface area contributed by atoms with Crippen molar-refractivity contribution in [3.05, 3.63) is 276 Å². The number of benzene rings is 5. The molecule has 1 saturated heterocycles. The summed E-state index contributed by atoms with van der Waals surface area (Å²) in [4.78, 5) is 41.6. The molecule has 0 amide bonds. The molecule has 598 valence electrons. The lowest BCUT2D eigenvalue weighted by Gasteiger charge is -2.28. The molecular weight excluding hydrogens is 1520 g/mol. The normalized spacial score (nSPS) is 15.9. The summed E-state index contributed by atoms with van der Waals surface area (Å²) in [7, 11) is 5.94. The number of H-pyrrole nitrogens is 1. The van der Waals surface area contributed by atoms with Gasteiger partial charge in [-0.15, -0.1) is 0 Å². The molecule has 5 aromatic heterocycles. The van der Waals surface area contributed by atoms with Gasteiger partial charge in [0.15, 0.2) is 0 Å². The molecule has 24 heteroatoms. The van der Waals surface area contributed by atoms with Crippen molar-refractivity contribution in [2.75, 3.05) is 72.5 Å². The topological polar surface area (TPSA) is 305 Å². The van der Waals surface area contributed by atoms with Crippen molar-refractivity contribution in [2.24, 2.45) is 26.8 Å². The maximum absolute atomic E-state index is 10.5. The Bertz CT molecular complexity index is 5940. The number of aliphatic hydroxyl groups excluding tert-OH is 1. The van der Waals surface area contributed by atoms with E-state index in [0.29, 0.717) is 83.3 Å². The first kappa shape index (κ1) is 82.0. The Kier molecular flexibility index (Phi) is 27.1. The number of dihydropyridines is 1. The molecule has 8 heterocycles. The Labute approximate surface area is 696 Å². The van der Waals surface area contributed by atoms with E-state index in [1.807, 2.05) is 101 Å². The number of rotatable bonds is 22. The minimum absolute atomic E-state index is 0.0669. The highest BCUT2D eigenvalue weighted by atomic mass is 35.5. The molecule has 17 rings (SSSR count). The molecule has 0 atom stereocenters. The molecule has 3 aliphatic heterocycles. The van der Waals surface area contributed by atoms with E-state index in [-0.39, 0.29) is 18.3 Å². The van der Waals surface area contributed by atoms with E-state index >= 15 is 0 Å². The summed E-state index contributed by atoms with van der Waals surface area (Å²) in [5.41, 5.74) is 20.9. The predicted molar refractivity (Wildman–Crippen MR) is 469 cm³/mol. The maximum atomic E-state index is 10.5. The quantitative estimate of drug-likeness (QED) is 0.0245. The number of nitrogens with zero attached hydrogens (tertiary/aromatic N) is 13. The van der Waals surface area contributed by atoms with E-state index in [1.54, 1.807) is 53.6 Å². The standard InChI is InChI=1S/C28H29N5O.C24H20Cl2N6.C22H25N3O2.C20H20N4O/c1-29-25-11-7-21-18-22(6-10-24(21)25)27-26(19-12-14-30-15-13-19)31-28(32-27)20-4-8-23(9-5-20)34-17-16-33(2)3;1-15-9-21(29-12-15)19-14-31-23(32-24(19)18-6-5-17(25)10-20(18)26)3-2-8-28-22-7-4-16(11-27)13-30-22;23-12-18-17(15-6-8-25-9-7-15)10-16(11-19(18)24)22-20(26)2-1-3-21(22)27-13-14-4-5-14;1-21-19-5-3-15-12-16(2-4-17(15)19)18-13-24(10-11-25)23-20(18)14-6-8-22-9-7-14/h4-6,8-10,12-15,18,30H,1,7,11,16-17H2,2-3H3,(H,31,32);4-7,10,12-14H,2-3,8-9H2,1H3,(H,28,30);1-3,10,14-15,24-26H,4-9,11,13H2;2,4,6-9,12-13,25H,3,5,10-11H2,1H3/b27-22+;;;. The number of phenols is 1. The van der Waals surface area contributed by atoms with E-state index in [2.05, 4.69) is 147 Å². The number of aromatic nitrogens is 8. The number of anilines is 1. The van der Waals surface area contributed by atoms with E-state index in [0.717, 1.165) is 183 Å². The van der Waals surface area contributed by atoms with Crippen LogP contribution in [0, 0.1) is 50.5 Å². The van der Waals surface area contributed by atoms with Crippen LogP contribution in [0.4, 0.5) is 5.82 Å². The SMILES string of the molecule is C=NC1=c2cc/c(=c3\nc(-c4ccc(OCCN(C)C)cc4)[nH]c3=C3C=CNC=C3)cc2CC1.CC1=CN=C(c2cnc(CCCNc3ccc(C#N)cn3)nc2-c2ccc(Cl)cc2Cl)C1.CN=C1CCc2cc(-c3cn(CCO)nc3-c3ccncc3)ccc21.N#CC1=C(C2CCNCC2)C=C(c2c(O)cccc2OCC2CC2)CC1=N. The number of allylic oxidation sites excluding steroid dienone is 7. The molecule has 0 bridgehead atoms. The zero-order chi connectivity index (χ0) is 82.0. The van der Waals surface area contributed by atoms with Crippen molar-refractivity contribution in [3.63, 3.8) is 0 Å². The summed E-state index contributed by atoms with van der Waals surface area (Å²) in [5, 5.41) is 66.5. The minimum Gasteiger partial charge on any atom is -0.507 e. The average molecular weight is 1610 g/mol. The van der Waals surface area contributed by atoms with Crippen LogP contribution < -0.4 is 36.0 Å². The van der Waals surface area contributed by atoms with Crippen molar-refractivity contribution in [1.29, 1.82) is 15.9 Å². The smallest absolute Gasteiger partial charge is 0.138 e. The first-order chi connectivity index (χ1) is 57.6. The van der Waals surface area contributed by atoms with Crippen molar-refractivity contribution in [1.82, 2.24) is 55.2 Å². The second-order valence-electron chi connectivity index (χ2n) is 30.1. The van der Waals surface area contributed by atoms with Gasteiger partial charge in [0.1, 0.15) is 59.2 Å².